The van der Waals surface area contributed by atoms with E-state index in [1.807, 2.05) is 30.9 Å². The topological polar surface area (TPSA) is 12.0 Å². The van der Waals surface area contributed by atoms with Crippen LogP contribution in [-0.2, 0) is 0 Å². The third-order valence-corrected chi connectivity index (χ3v) is 4.22. The number of rotatable bonds is 5. The fourth-order valence-electron chi connectivity index (χ4n) is 2.30. The molecule has 0 aromatic heterocycles. The number of halogens is 1. The molecule has 0 radical (unpaired) electrons. The first-order chi connectivity index (χ1) is 9.65. The van der Waals surface area contributed by atoms with Crippen LogP contribution in [0.15, 0.2) is 47.4 Å². The van der Waals surface area contributed by atoms with Crippen LogP contribution in [0.3, 0.4) is 0 Å². The van der Waals surface area contributed by atoms with Gasteiger partial charge in [0, 0.05) is 4.90 Å². The van der Waals surface area contributed by atoms with Crippen molar-refractivity contribution in [1.82, 2.24) is 5.32 Å². The summed E-state index contributed by atoms with van der Waals surface area (Å²) in [6, 6.07) is 13.9. The summed E-state index contributed by atoms with van der Waals surface area (Å²) >= 11 is 1.83. The molecule has 0 amide bonds. The van der Waals surface area contributed by atoms with Gasteiger partial charge in [-0.25, -0.2) is 4.39 Å². The Hall–Kier alpha value is -1.32. The van der Waals surface area contributed by atoms with Gasteiger partial charge < -0.3 is 5.32 Å². The van der Waals surface area contributed by atoms with Gasteiger partial charge in [-0.3, -0.25) is 0 Å². The van der Waals surface area contributed by atoms with Crippen LogP contribution in [0.4, 0.5) is 4.39 Å². The Balaban J connectivity index is 2.29. The zero-order chi connectivity index (χ0) is 14.5. The van der Waals surface area contributed by atoms with Crippen molar-refractivity contribution in [3.63, 3.8) is 0 Å². The molecule has 2 aromatic carbocycles. The predicted octanol–water partition coefficient (Wildman–Crippen LogP) is 4.55. The normalized spacial score (nSPS) is 12.4. The van der Waals surface area contributed by atoms with Crippen LogP contribution in [0.5, 0.6) is 0 Å². The predicted molar refractivity (Wildman–Crippen MR) is 84.9 cm³/mol. The summed E-state index contributed by atoms with van der Waals surface area (Å²) in [6.45, 7) is 3.95. The van der Waals surface area contributed by atoms with E-state index >= 15 is 0 Å². The first-order valence-corrected chi connectivity index (χ1v) is 7.80. The van der Waals surface area contributed by atoms with Crippen molar-refractivity contribution in [3.05, 3.63) is 65.0 Å². The van der Waals surface area contributed by atoms with Crippen LogP contribution < -0.4 is 5.32 Å². The molecule has 20 heavy (non-hydrogen) atoms. The second-order valence-electron chi connectivity index (χ2n) is 4.73. The second-order valence-corrected chi connectivity index (χ2v) is 6.07. The highest BCUT2D eigenvalue weighted by molar-refractivity contribution is 7.99. The highest BCUT2D eigenvalue weighted by Gasteiger charge is 2.13. The highest BCUT2D eigenvalue weighted by atomic mass is 32.2. The minimum Gasteiger partial charge on any atom is -0.309 e. The van der Waals surface area contributed by atoms with E-state index in [0.29, 0.717) is 5.56 Å². The fourth-order valence-corrected chi connectivity index (χ4v) is 2.96. The summed E-state index contributed by atoms with van der Waals surface area (Å²) in [5.41, 5.74) is 2.96. The van der Waals surface area contributed by atoms with Crippen molar-refractivity contribution >= 4 is 11.8 Å². The largest absolute Gasteiger partial charge is 0.309 e. The molecular formula is C17H20FNS. The van der Waals surface area contributed by atoms with Gasteiger partial charge in [0.15, 0.2) is 0 Å². The van der Waals surface area contributed by atoms with Crippen LogP contribution in [-0.4, -0.2) is 12.8 Å². The third kappa shape index (κ3) is 3.41. The van der Waals surface area contributed by atoms with Gasteiger partial charge in [-0.15, -0.1) is 11.8 Å². The van der Waals surface area contributed by atoms with Gasteiger partial charge in [-0.1, -0.05) is 31.2 Å². The third-order valence-electron chi connectivity index (χ3n) is 3.33. The van der Waals surface area contributed by atoms with Gasteiger partial charge in [0.25, 0.3) is 0 Å². The smallest absolute Gasteiger partial charge is 0.126 e. The van der Waals surface area contributed by atoms with Crippen LogP contribution in [0.25, 0.3) is 0 Å². The van der Waals surface area contributed by atoms with Crippen molar-refractivity contribution in [2.75, 3.05) is 12.8 Å². The highest BCUT2D eigenvalue weighted by Crippen LogP contribution is 2.26. The Labute approximate surface area is 124 Å². The molecule has 0 saturated heterocycles. The van der Waals surface area contributed by atoms with Crippen molar-refractivity contribution in [1.29, 1.82) is 0 Å². The molecule has 0 aliphatic rings. The molecule has 0 aliphatic heterocycles. The quantitative estimate of drug-likeness (QED) is 0.810. The molecule has 106 valence electrons. The minimum absolute atomic E-state index is 0.0926. The SMILES string of the molecule is CCSc1ccc(C(NC)c2ccc(F)c(C)c2)cc1. The lowest BCUT2D eigenvalue weighted by atomic mass is 9.97. The first-order valence-electron chi connectivity index (χ1n) is 6.81. The standard InChI is InChI=1S/C17H20FNS/c1-4-20-15-8-5-13(6-9-15)17(19-3)14-7-10-16(18)12(2)11-14/h5-11,17,19H,4H2,1-3H3. The summed E-state index contributed by atoms with van der Waals surface area (Å²) < 4.78 is 13.4. The minimum atomic E-state index is -0.154. The van der Waals surface area contributed by atoms with E-state index in [2.05, 4.69) is 36.5 Å². The first kappa shape index (κ1) is 15.1. The Morgan fingerprint density at radius 1 is 1.10 bits per heavy atom. The molecule has 3 heteroatoms. The van der Waals surface area contributed by atoms with E-state index in [0.717, 1.165) is 11.3 Å². The molecule has 1 unspecified atom stereocenters. The summed E-state index contributed by atoms with van der Waals surface area (Å²) in [5, 5.41) is 3.30. The van der Waals surface area contributed by atoms with Gasteiger partial charge >= 0.3 is 0 Å². The Bertz CT molecular complexity index is 566. The van der Waals surface area contributed by atoms with Crippen molar-refractivity contribution in [2.45, 2.75) is 24.8 Å². The maximum Gasteiger partial charge on any atom is 0.126 e. The second kappa shape index (κ2) is 6.91. The lowest BCUT2D eigenvalue weighted by Gasteiger charge is -2.18. The molecule has 1 N–H and O–H groups in total. The average molecular weight is 289 g/mol. The lowest BCUT2D eigenvalue weighted by molar-refractivity contribution is 0.614. The van der Waals surface area contributed by atoms with Crippen LogP contribution in [0.2, 0.25) is 0 Å². The van der Waals surface area contributed by atoms with E-state index in [9.17, 15) is 4.39 Å². The zero-order valence-electron chi connectivity index (χ0n) is 12.1. The number of thioether (sulfide) groups is 1. The number of hydrogen-bond acceptors (Lipinski definition) is 2. The average Bonchev–Trinajstić information content (AvgIpc) is 2.46. The van der Waals surface area contributed by atoms with E-state index in [1.165, 1.54) is 16.5 Å². The monoisotopic (exact) mass is 289 g/mol. The van der Waals surface area contributed by atoms with E-state index in [1.54, 1.807) is 6.92 Å². The van der Waals surface area contributed by atoms with Crippen molar-refractivity contribution in [2.24, 2.45) is 0 Å². The molecule has 2 rings (SSSR count). The molecule has 0 spiro atoms. The maximum atomic E-state index is 13.4. The molecule has 1 atom stereocenters. The molecule has 0 aliphatic carbocycles. The molecular weight excluding hydrogens is 269 g/mol. The van der Waals surface area contributed by atoms with Crippen LogP contribution in [0.1, 0.15) is 29.7 Å². The summed E-state index contributed by atoms with van der Waals surface area (Å²) in [5.74, 6) is 0.921. The summed E-state index contributed by atoms with van der Waals surface area (Å²) in [7, 11) is 1.93. The van der Waals surface area contributed by atoms with Gasteiger partial charge in [-0.05, 0) is 54.6 Å². The molecule has 1 nitrogen and oxygen atoms in total. The van der Waals surface area contributed by atoms with Crippen molar-refractivity contribution in [3.8, 4) is 0 Å². The number of hydrogen-bond donors (Lipinski definition) is 1. The summed E-state index contributed by atoms with van der Waals surface area (Å²) in [4.78, 5) is 1.28. The lowest BCUT2D eigenvalue weighted by Crippen LogP contribution is -2.17. The molecule has 0 bridgehead atoms. The molecule has 0 saturated carbocycles. The van der Waals surface area contributed by atoms with E-state index in [4.69, 9.17) is 0 Å². The molecule has 0 heterocycles. The Kier molecular flexibility index (Phi) is 5.21. The zero-order valence-corrected chi connectivity index (χ0v) is 12.9. The van der Waals surface area contributed by atoms with Crippen molar-refractivity contribution < 1.29 is 4.39 Å². The number of nitrogens with one attached hydrogen (secondary N) is 1. The molecule has 0 fully saturated rings. The van der Waals surface area contributed by atoms with Gasteiger partial charge in [-0.2, -0.15) is 0 Å². The number of aryl methyl sites for hydroxylation is 1. The van der Waals surface area contributed by atoms with Gasteiger partial charge in [0.05, 0.1) is 6.04 Å². The van der Waals surface area contributed by atoms with Gasteiger partial charge in [0.1, 0.15) is 5.82 Å². The molecule has 2 aromatic rings. The maximum absolute atomic E-state index is 13.4. The number of benzene rings is 2. The van der Waals surface area contributed by atoms with Crippen LogP contribution >= 0.6 is 11.8 Å². The van der Waals surface area contributed by atoms with E-state index < -0.39 is 0 Å². The van der Waals surface area contributed by atoms with Gasteiger partial charge in [0.2, 0.25) is 0 Å². The van der Waals surface area contributed by atoms with E-state index in [-0.39, 0.29) is 11.9 Å². The fraction of sp³-hybridized carbons (Fsp3) is 0.294. The Morgan fingerprint density at radius 3 is 2.30 bits per heavy atom. The van der Waals surface area contributed by atoms with Crippen LogP contribution in [0, 0.1) is 12.7 Å². The summed E-state index contributed by atoms with van der Waals surface area (Å²) in [6.07, 6.45) is 0. The Morgan fingerprint density at radius 2 is 1.75 bits per heavy atom.